The van der Waals surface area contributed by atoms with Gasteiger partial charge in [-0.2, -0.15) is 0 Å². The maximum atomic E-state index is 11.8. The Morgan fingerprint density at radius 3 is 3.05 bits per heavy atom. The minimum absolute atomic E-state index is 0.0292. The van der Waals surface area contributed by atoms with Crippen LogP contribution in [-0.4, -0.2) is 36.0 Å². The lowest BCUT2D eigenvalue weighted by atomic mass is 10.4. The molecule has 0 saturated heterocycles. The molecule has 0 radical (unpaired) electrons. The molecule has 0 aliphatic rings. The number of nitrogens with one attached hydrogen (secondary N) is 1. The highest BCUT2D eigenvalue weighted by molar-refractivity contribution is 7.13. The molecule has 0 spiro atoms. The van der Waals surface area contributed by atoms with Crippen LogP contribution in [0.3, 0.4) is 0 Å². The molecule has 0 saturated carbocycles. The monoisotopic (exact) mass is 277 g/mol. The van der Waals surface area contributed by atoms with E-state index >= 15 is 0 Å². The van der Waals surface area contributed by atoms with Crippen molar-refractivity contribution in [3.63, 3.8) is 0 Å². The Balaban J connectivity index is 2.23. The molecular formula is C10H7N5O3S. The highest BCUT2D eigenvalue weighted by Gasteiger charge is 2.14. The van der Waals surface area contributed by atoms with E-state index in [2.05, 4.69) is 20.3 Å². The fourth-order valence-electron chi connectivity index (χ4n) is 1.63. The third-order valence-corrected chi connectivity index (χ3v) is 3.29. The number of rotatable bonds is 3. The predicted molar refractivity (Wildman–Crippen MR) is 66.9 cm³/mol. The number of thiophene rings is 1. The first-order chi connectivity index (χ1) is 9.15. The molecule has 0 atom stereocenters. The molecule has 0 aliphatic carbocycles. The molecular weight excluding hydrogens is 270 g/mol. The molecule has 9 heteroatoms. The van der Waals surface area contributed by atoms with Crippen LogP contribution in [0.2, 0.25) is 0 Å². The molecule has 3 heterocycles. The molecule has 0 unspecified atom stereocenters. The summed E-state index contributed by atoms with van der Waals surface area (Å²) in [5.74, 6) is -0.701. The van der Waals surface area contributed by atoms with E-state index in [1.165, 1.54) is 11.3 Å². The van der Waals surface area contributed by atoms with E-state index in [4.69, 9.17) is 5.11 Å². The van der Waals surface area contributed by atoms with Crippen LogP contribution in [0, 0.1) is 0 Å². The number of aromatic nitrogens is 5. The van der Waals surface area contributed by atoms with Gasteiger partial charge in [-0.15, -0.1) is 16.4 Å². The summed E-state index contributed by atoms with van der Waals surface area (Å²) in [6.07, 6.45) is 0. The van der Waals surface area contributed by atoms with Gasteiger partial charge in [0, 0.05) is 0 Å². The van der Waals surface area contributed by atoms with Crippen molar-refractivity contribution in [2.75, 3.05) is 0 Å². The number of aromatic amines is 1. The number of nitrogens with zero attached hydrogens (tertiary/aromatic N) is 4. The average Bonchev–Trinajstić information content (AvgIpc) is 2.98. The average molecular weight is 277 g/mol. The van der Waals surface area contributed by atoms with Crippen molar-refractivity contribution in [2.24, 2.45) is 0 Å². The molecule has 3 aromatic rings. The van der Waals surface area contributed by atoms with Gasteiger partial charge in [0.25, 0.3) is 5.56 Å². The first-order valence-electron chi connectivity index (χ1n) is 5.24. The van der Waals surface area contributed by atoms with Crippen molar-refractivity contribution < 1.29 is 9.90 Å². The summed E-state index contributed by atoms with van der Waals surface area (Å²) in [6, 6.07) is 3.64. The first kappa shape index (κ1) is 11.5. The summed E-state index contributed by atoms with van der Waals surface area (Å²) in [6.45, 7) is -0.392. The van der Waals surface area contributed by atoms with Gasteiger partial charge in [-0.1, -0.05) is 11.3 Å². The van der Waals surface area contributed by atoms with Gasteiger partial charge in [-0.3, -0.25) is 9.59 Å². The summed E-state index contributed by atoms with van der Waals surface area (Å²) >= 11 is 1.42. The van der Waals surface area contributed by atoms with Gasteiger partial charge < -0.3 is 10.1 Å². The van der Waals surface area contributed by atoms with Gasteiger partial charge in [0.1, 0.15) is 6.54 Å². The van der Waals surface area contributed by atoms with Crippen LogP contribution < -0.4 is 5.56 Å². The van der Waals surface area contributed by atoms with Crippen LogP contribution in [0.25, 0.3) is 21.9 Å². The van der Waals surface area contributed by atoms with Gasteiger partial charge in [-0.25, -0.2) is 9.67 Å². The minimum atomic E-state index is -1.08. The van der Waals surface area contributed by atoms with Crippen LogP contribution >= 0.6 is 11.3 Å². The summed E-state index contributed by atoms with van der Waals surface area (Å²) < 4.78 is 1.09. The smallest absolute Gasteiger partial charge is 0.325 e. The Labute approximate surface area is 109 Å². The van der Waals surface area contributed by atoms with Crippen molar-refractivity contribution in [3.8, 4) is 10.7 Å². The highest BCUT2D eigenvalue weighted by Crippen LogP contribution is 2.20. The van der Waals surface area contributed by atoms with Crippen LogP contribution in [0.15, 0.2) is 22.3 Å². The second kappa shape index (κ2) is 4.28. The second-order valence-corrected chi connectivity index (χ2v) is 4.65. The SMILES string of the molecule is O=C(O)Cn1nnc2c(=O)[nH]c(-c3cccs3)nc21. The molecule has 19 heavy (non-hydrogen) atoms. The third kappa shape index (κ3) is 1.99. The molecule has 0 aliphatic heterocycles. The van der Waals surface area contributed by atoms with Crippen LogP contribution in [0.1, 0.15) is 0 Å². The largest absolute Gasteiger partial charge is 0.480 e. The van der Waals surface area contributed by atoms with E-state index in [9.17, 15) is 9.59 Å². The van der Waals surface area contributed by atoms with Crippen LogP contribution in [-0.2, 0) is 11.3 Å². The molecule has 0 amide bonds. The quantitative estimate of drug-likeness (QED) is 0.713. The van der Waals surface area contributed by atoms with Gasteiger partial charge in [0.2, 0.25) is 0 Å². The zero-order valence-electron chi connectivity index (χ0n) is 9.40. The third-order valence-electron chi connectivity index (χ3n) is 2.41. The maximum Gasteiger partial charge on any atom is 0.325 e. The molecule has 2 N–H and O–H groups in total. The van der Waals surface area contributed by atoms with Crippen molar-refractivity contribution in [1.29, 1.82) is 0 Å². The Morgan fingerprint density at radius 1 is 1.53 bits per heavy atom. The lowest BCUT2D eigenvalue weighted by molar-refractivity contribution is -0.137. The van der Waals surface area contributed by atoms with Crippen molar-refractivity contribution in [3.05, 3.63) is 27.9 Å². The van der Waals surface area contributed by atoms with Crippen molar-refractivity contribution in [2.45, 2.75) is 6.54 Å². The Kier molecular flexibility index (Phi) is 2.60. The highest BCUT2D eigenvalue weighted by atomic mass is 32.1. The van der Waals surface area contributed by atoms with Crippen molar-refractivity contribution >= 4 is 28.5 Å². The minimum Gasteiger partial charge on any atom is -0.480 e. The summed E-state index contributed by atoms with van der Waals surface area (Å²) in [5.41, 5.74) is -0.249. The van der Waals surface area contributed by atoms with E-state index in [1.807, 2.05) is 11.4 Å². The maximum absolute atomic E-state index is 11.8. The van der Waals surface area contributed by atoms with Gasteiger partial charge in [0.15, 0.2) is 17.0 Å². The molecule has 3 aromatic heterocycles. The van der Waals surface area contributed by atoms with E-state index in [0.29, 0.717) is 5.82 Å². The number of aliphatic carboxylic acids is 1. The number of carboxylic acids is 1. The summed E-state index contributed by atoms with van der Waals surface area (Å²) in [7, 11) is 0. The number of H-pyrrole nitrogens is 1. The standard InChI is InChI=1S/C10H7N5O3S/c16-6(17)4-15-9-7(13-14-15)10(18)12-8(11-9)5-2-1-3-19-5/h1-3H,4H2,(H,16,17)(H,11,12,18). The van der Waals surface area contributed by atoms with E-state index in [-0.39, 0.29) is 11.2 Å². The molecule has 3 rings (SSSR count). The fourth-order valence-corrected chi connectivity index (χ4v) is 2.30. The number of hydrogen-bond acceptors (Lipinski definition) is 6. The van der Waals surface area contributed by atoms with Crippen LogP contribution in [0.4, 0.5) is 0 Å². The number of carboxylic acid groups (broad SMARTS) is 1. The van der Waals surface area contributed by atoms with Gasteiger partial charge in [0.05, 0.1) is 4.88 Å². The van der Waals surface area contributed by atoms with E-state index < -0.39 is 18.1 Å². The second-order valence-electron chi connectivity index (χ2n) is 3.70. The lowest BCUT2D eigenvalue weighted by Gasteiger charge is -1.99. The predicted octanol–water partition coefficient (Wildman–Crippen LogP) is 0.328. The summed E-state index contributed by atoms with van der Waals surface area (Å²) in [5, 5.41) is 17.9. The van der Waals surface area contributed by atoms with Gasteiger partial charge in [-0.05, 0) is 11.4 Å². The first-order valence-corrected chi connectivity index (χ1v) is 6.12. The Morgan fingerprint density at radius 2 is 2.37 bits per heavy atom. The summed E-state index contributed by atoms with van der Waals surface area (Å²) in [4.78, 5) is 30.1. The zero-order chi connectivity index (χ0) is 13.4. The lowest BCUT2D eigenvalue weighted by Crippen LogP contribution is -2.13. The normalized spacial score (nSPS) is 10.9. The number of fused-ring (bicyclic) bond motifs is 1. The topological polar surface area (TPSA) is 114 Å². The molecule has 0 fully saturated rings. The van der Waals surface area contributed by atoms with E-state index in [0.717, 1.165) is 9.56 Å². The molecule has 96 valence electrons. The Bertz CT molecular complexity index is 804. The zero-order valence-corrected chi connectivity index (χ0v) is 10.2. The molecule has 8 nitrogen and oxygen atoms in total. The number of carbonyl (C=O) groups is 1. The van der Waals surface area contributed by atoms with Crippen LogP contribution in [0.5, 0.6) is 0 Å². The molecule has 0 bridgehead atoms. The van der Waals surface area contributed by atoms with Crippen molar-refractivity contribution in [1.82, 2.24) is 25.0 Å². The number of hydrogen-bond donors (Lipinski definition) is 2. The van der Waals surface area contributed by atoms with Gasteiger partial charge >= 0.3 is 5.97 Å². The molecule has 0 aromatic carbocycles. The van der Waals surface area contributed by atoms with E-state index in [1.54, 1.807) is 6.07 Å². The Hall–Kier alpha value is -2.55. The fraction of sp³-hybridized carbons (Fsp3) is 0.100.